The molecule has 1 aliphatic rings. The fourth-order valence-electron chi connectivity index (χ4n) is 3.32. The summed E-state index contributed by atoms with van der Waals surface area (Å²) >= 11 is 1.58. The van der Waals surface area contributed by atoms with Gasteiger partial charge in [-0.05, 0) is 60.2 Å². The Hall–Kier alpha value is -1.93. The van der Waals surface area contributed by atoms with Gasteiger partial charge in [0.2, 0.25) is 0 Å². The summed E-state index contributed by atoms with van der Waals surface area (Å²) < 4.78 is 11.4. The van der Waals surface area contributed by atoms with Crippen molar-refractivity contribution >= 4 is 17.3 Å². The van der Waals surface area contributed by atoms with Crippen LogP contribution in [0.3, 0.4) is 0 Å². The number of guanidine groups is 1. The lowest BCUT2D eigenvalue weighted by Gasteiger charge is -2.24. The second-order valence-corrected chi connectivity index (χ2v) is 8.56. The molecule has 0 amide bonds. The molecule has 1 fully saturated rings. The maximum Gasteiger partial charge on any atom is 0.191 e. The highest BCUT2D eigenvalue weighted by atomic mass is 32.1. The van der Waals surface area contributed by atoms with Crippen LogP contribution in [0, 0.1) is 0 Å². The van der Waals surface area contributed by atoms with Crippen molar-refractivity contribution in [2.75, 3.05) is 26.3 Å². The molecule has 1 aromatic carbocycles. The summed E-state index contributed by atoms with van der Waals surface area (Å²) in [7, 11) is 0. The molecule has 1 aromatic heterocycles. The van der Waals surface area contributed by atoms with E-state index >= 15 is 0 Å². The molecule has 2 aromatic rings. The highest BCUT2D eigenvalue weighted by Crippen LogP contribution is 2.22. The van der Waals surface area contributed by atoms with E-state index < -0.39 is 5.60 Å². The van der Waals surface area contributed by atoms with Gasteiger partial charge in [0, 0.05) is 19.8 Å². The van der Waals surface area contributed by atoms with Gasteiger partial charge in [-0.3, -0.25) is 0 Å². The second kappa shape index (κ2) is 11.5. The van der Waals surface area contributed by atoms with E-state index in [0.29, 0.717) is 31.8 Å². The first-order valence-electron chi connectivity index (χ1n) is 10.6. The summed E-state index contributed by atoms with van der Waals surface area (Å²) in [5.41, 5.74) is 2.25. The van der Waals surface area contributed by atoms with Crippen LogP contribution in [0.1, 0.15) is 43.4 Å². The largest absolute Gasteiger partial charge is 0.384 e. The van der Waals surface area contributed by atoms with Gasteiger partial charge in [-0.25, -0.2) is 4.99 Å². The zero-order valence-electron chi connectivity index (χ0n) is 17.9. The number of hydrogen-bond donors (Lipinski definition) is 3. The van der Waals surface area contributed by atoms with Gasteiger partial charge in [-0.15, -0.1) is 0 Å². The molecule has 0 spiro atoms. The molecule has 3 N–H and O–H groups in total. The first kappa shape index (κ1) is 22.7. The molecule has 1 aliphatic heterocycles. The van der Waals surface area contributed by atoms with Gasteiger partial charge in [0.25, 0.3) is 0 Å². The van der Waals surface area contributed by atoms with E-state index in [1.54, 1.807) is 11.3 Å². The molecule has 164 valence electrons. The Bertz CT molecular complexity index is 787. The van der Waals surface area contributed by atoms with Crippen LogP contribution in [0.4, 0.5) is 0 Å². The SMILES string of the molecule is CCNC(=NCc1cccc(COC2CCOCC2)c1)NCC(C)(O)c1ccsc1. The summed E-state index contributed by atoms with van der Waals surface area (Å²) in [4.78, 5) is 4.69. The molecule has 1 atom stereocenters. The fourth-order valence-corrected chi connectivity index (χ4v) is 4.10. The summed E-state index contributed by atoms with van der Waals surface area (Å²) in [5, 5.41) is 21.2. The number of rotatable bonds is 9. The third-order valence-electron chi connectivity index (χ3n) is 5.15. The third-order valence-corrected chi connectivity index (χ3v) is 5.84. The predicted molar refractivity (Wildman–Crippen MR) is 122 cm³/mol. The Kier molecular flexibility index (Phi) is 8.69. The standard InChI is InChI=1S/C23H33N3O3S/c1-3-24-22(26-17-23(2,27)20-9-12-30-16-20)25-14-18-5-4-6-19(13-18)15-29-21-7-10-28-11-8-21/h4-6,9,12-13,16,21,27H,3,7-8,10-11,14-15,17H2,1-2H3,(H2,24,25,26). The fraction of sp³-hybridized carbons (Fsp3) is 0.522. The Labute approximate surface area is 183 Å². The van der Waals surface area contributed by atoms with Crippen molar-refractivity contribution in [3.8, 4) is 0 Å². The van der Waals surface area contributed by atoms with Gasteiger partial charge in [0.05, 0.1) is 25.8 Å². The van der Waals surface area contributed by atoms with Crippen molar-refractivity contribution in [2.24, 2.45) is 4.99 Å². The van der Waals surface area contributed by atoms with Gasteiger partial charge in [-0.1, -0.05) is 24.3 Å². The Morgan fingerprint density at radius 1 is 1.27 bits per heavy atom. The maximum absolute atomic E-state index is 10.7. The lowest BCUT2D eigenvalue weighted by molar-refractivity contribution is -0.0390. The van der Waals surface area contributed by atoms with E-state index in [-0.39, 0.29) is 0 Å². The number of benzene rings is 1. The van der Waals surface area contributed by atoms with Crippen LogP contribution in [0.2, 0.25) is 0 Å². The summed E-state index contributed by atoms with van der Waals surface area (Å²) in [6.45, 7) is 7.74. The number of aliphatic imine (C=N–C) groups is 1. The number of nitrogens with one attached hydrogen (secondary N) is 2. The molecule has 30 heavy (non-hydrogen) atoms. The molecule has 1 saturated heterocycles. The third kappa shape index (κ3) is 7.09. The number of aliphatic hydroxyl groups is 1. The second-order valence-electron chi connectivity index (χ2n) is 7.78. The van der Waals surface area contributed by atoms with Crippen molar-refractivity contribution in [3.63, 3.8) is 0 Å². The highest BCUT2D eigenvalue weighted by Gasteiger charge is 2.23. The Morgan fingerprint density at radius 2 is 2.07 bits per heavy atom. The van der Waals surface area contributed by atoms with Gasteiger partial charge in [-0.2, -0.15) is 11.3 Å². The van der Waals surface area contributed by atoms with Gasteiger partial charge < -0.3 is 25.2 Å². The van der Waals surface area contributed by atoms with Crippen LogP contribution >= 0.6 is 11.3 Å². The van der Waals surface area contributed by atoms with Crippen molar-refractivity contribution < 1.29 is 14.6 Å². The topological polar surface area (TPSA) is 75.1 Å². The molecule has 0 bridgehead atoms. The van der Waals surface area contributed by atoms with Crippen molar-refractivity contribution in [1.82, 2.24) is 10.6 Å². The predicted octanol–water partition coefficient (Wildman–Crippen LogP) is 3.41. The molecule has 7 heteroatoms. The first-order chi connectivity index (χ1) is 14.6. The van der Waals surface area contributed by atoms with E-state index in [9.17, 15) is 5.11 Å². The lowest BCUT2D eigenvalue weighted by atomic mass is 9.99. The minimum Gasteiger partial charge on any atom is -0.384 e. The average Bonchev–Trinajstić information content (AvgIpc) is 3.31. The number of hydrogen-bond acceptors (Lipinski definition) is 5. The molecule has 0 radical (unpaired) electrons. The average molecular weight is 432 g/mol. The zero-order valence-corrected chi connectivity index (χ0v) is 18.7. The lowest BCUT2D eigenvalue weighted by Crippen LogP contribution is -2.44. The quantitative estimate of drug-likeness (QED) is 0.419. The highest BCUT2D eigenvalue weighted by molar-refractivity contribution is 7.08. The normalized spacial score (nSPS) is 17.5. The smallest absolute Gasteiger partial charge is 0.191 e. The van der Waals surface area contributed by atoms with E-state index in [0.717, 1.165) is 49.3 Å². The van der Waals surface area contributed by atoms with Crippen LogP contribution in [-0.4, -0.2) is 43.5 Å². The van der Waals surface area contributed by atoms with Crippen molar-refractivity contribution in [1.29, 1.82) is 0 Å². The molecule has 1 unspecified atom stereocenters. The maximum atomic E-state index is 10.7. The van der Waals surface area contributed by atoms with Crippen LogP contribution < -0.4 is 10.6 Å². The molecule has 6 nitrogen and oxygen atoms in total. The zero-order chi connectivity index (χ0) is 21.2. The van der Waals surface area contributed by atoms with E-state index in [1.165, 1.54) is 0 Å². The minimum absolute atomic E-state index is 0.293. The number of nitrogens with zero attached hydrogens (tertiary/aromatic N) is 1. The van der Waals surface area contributed by atoms with Crippen LogP contribution in [0.5, 0.6) is 0 Å². The molecule has 3 rings (SSSR count). The van der Waals surface area contributed by atoms with Gasteiger partial charge in [0.15, 0.2) is 5.96 Å². The van der Waals surface area contributed by atoms with E-state index in [2.05, 4.69) is 39.9 Å². The summed E-state index contributed by atoms with van der Waals surface area (Å²) in [6.07, 6.45) is 2.23. The Balaban J connectivity index is 1.54. The van der Waals surface area contributed by atoms with Crippen molar-refractivity contribution in [3.05, 3.63) is 57.8 Å². The van der Waals surface area contributed by atoms with Crippen molar-refractivity contribution in [2.45, 2.75) is 51.5 Å². The molecule has 0 saturated carbocycles. The van der Waals surface area contributed by atoms with Gasteiger partial charge >= 0.3 is 0 Å². The van der Waals surface area contributed by atoms with E-state index in [4.69, 9.17) is 9.47 Å². The minimum atomic E-state index is -0.947. The molecular formula is C23H33N3O3S. The van der Waals surface area contributed by atoms with Crippen LogP contribution in [0.15, 0.2) is 46.1 Å². The number of thiophene rings is 1. The molecule has 0 aliphatic carbocycles. The van der Waals surface area contributed by atoms with Crippen LogP contribution in [-0.2, 0) is 28.2 Å². The number of ether oxygens (including phenoxy) is 2. The molecular weight excluding hydrogens is 398 g/mol. The van der Waals surface area contributed by atoms with Crippen LogP contribution in [0.25, 0.3) is 0 Å². The monoisotopic (exact) mass is 431 g/mol. The van der Waals surface area contributed by atoms with E-state index in [1.807, 2.05) is 30.7 Å². The molecule has 2 heterocycles. The summed E-state index contributed by atoms with van der Waals surface area (Å²) in [5.74, 6) is 0.692. The Morgan fingerprint density at radius 3 is 2.80 bits per heavy atom. The summed E-state index contributed by atoms with van der Waals surface area (Å²) in [6, 6.07) is 10.3. The first-order valence-corrected chi connectivity index (χ1v) is 11.6. The van der Waals surface area contributed by atoms with Gasteiger partial charge in [0.1, 0.15) is 5.60 Å².